The van der Waals surface area contributed by atoms with E-state index in [2.05, 4.69) is 21.0 Å². The Labute approximate surface area is 126 Å². The quantitative estimate of drug-likeness (QED) is 0.912. The van der Waals surface area contributed by atoms with Gasteiger partial charge < -0.3 is 5.11 Å². The van der Waals surface area contributed by atoms with Crippen molar-refractivity contribution in [2.45, 2.75) is 38.8 Å². The molecule has 1 unspecified atom stereocenters. The predicted molar refractivity (Wildman–Crippen MR) is 80.0 cm³/mol. The summed E-state index contributed by atoms with van der Waals surface area (Å²) in [6.07, 6.45) is 1.99. The maximum atomic E-state index is 14.1. The molecule has 2 aromatic rings. The Hall–Kier alpha value is -1.20. The van der Waals surface area contributed by atoms with Crippen LogP contribution in [0.3, 0.4) is 0 Å². The molecule has 1 aromatic carbocycles. The highest BCUT2D eigenvalue weighted by atomic mass is 79.9. The van der Waals surface area contributed by atoms with Crippen molar-refractivity contribution in [3.63, 3.8) is 0 Å². The Balaban J connectivity index is 2.69. The summed E-state index contributed by atoms with van der Waals surface area (Å²) >= 11 is 3.42. The normalized spacial score (nSPS) is 14.6. The van der Waals surface area contributed by atoms with Gasteiger partial charge in [-0.15, -0.1) is 0 Å². The molecular weight excluding hydrogens is 323 g/mol. The van der Waals surface area contributed by atoms with Crippen molar-refractivity contribution in [2.24, 2.45) is 0 Å². The van der Waals surface area contributed by atoms with E-state index in [0.717, 1.165) is 0 Å². The van der Waals surface area contributed by atoms with Gasteiger partial charge in [0.2, 0.25) is 0 Å². The summed E-state index contributed by atoms with van der Waals surface area (Å²) in [7, 11) is 0. The second-order valence-corrected chi connectivity index (χ2v) is 5.93. The first-order chi connectivity index (χ1) is 9.41. The molecule has 0 spiro atoms. The SMILES string of the molecule is CCC(O)(c1ccccc1F)c1c(Br)cnn1C(C)C. The zero-order chi connectivity index (χ0) is 14.9. The van der Waals surface area contributed by atoms with Crippen molar-refractivity contribution in [2.75, 3.05) is 0 Å². The molecule has 0 saturated heterocycles. The largest absolute Gasteiger partial charge is 0.379 e. The molecule has 1 N–H and O–H groups in total. The molecule has 0 saturated carbocycles. The van der Waals surface area contributed by atoms with Gasteiger partial charge in [-0.1, -0.05) is 25.1 Å². The highest BCUT2D eigenvalue weighted by Gasteiger charge is 2.37. The third kappa shape index (κ3) is 2.40. The van der Waals surface area contributed by atoms with E-state index in [1.807, 2.05) is 20.8 Å². The molecule has 108 valence electrons. The lowest BCUT2D eigenvalue weighted by atomic mass is 9.87. The molecule has 0 bridgehead atoms. The van der Waals surface area contributed by atoms with Crippen LogP contribution in [-0.4, -0.2) is 14.9 Å². The van der Waals surface area contributed by atoms with E-state index in [0.29, 0.717) is 16.6 Å². The molecule has 1 aromatic heterocycles. The average Bonchev–Trinajstić information content (AvgIpc) is 2.81. The van der Waals surface area contributed by atoms with Crippen LogP contribution in [0.25, 0.3) is 0 Å². The second kappa shape index (κ2) is 5.66. The number of hydrogen-bond acceptors (Lipinski definition) is 2. The van der Waals surface area contributed by atoms with Gasteiger partial charge in [-0.3, -0.25) is 4.68 Å². The standard InChI is InChI=1S/C15H18BrFN2O/c1-4-15(20,11-7-5-6-8-13(11)17)14-12(16)9-18-19(14)10(2)3/h5-10,20H,4H2,1-3H3. The summed E-state index contributed by atoms with van der Waals surface area (Å²) in [6.45, 7) is 5.78. The van der Waals surface area contributed by atoms with E-state index in [4.69, 9.17) is 0 Å². The minimum Gasteiger partial charge on any atom is -0.379 e. The first-order valence-corrected chi connectivity index (χ1v) is 7.42. The fraction of sp³-hybridized carbons (Fsp3) is 0.400. The third-order valence-electron chi connectivity index (χ3n) is 3.46. The van der Waals surface area contributed by atoms with Crippen molar-refractivity contribution >= 4 is 15.9 Å². The lowest BCUT2D eigenvalue weighted by molar-refractivity contribution is 0.0606. The van der Waals surface area contributed by atoms with Crippen LogP contribution >= 0.6 is 15.9 Å². The van der Waals surface area contributed by atoms with Crippen LogP contribution in [-0.2, 0) is 5.60 Å². The molecule has 0 fully saturated rings. The molecule has 5 heteroatoms. The minimum absolute atomic E-state index is 0.0705. The van der Waals surface area contributed by atoms with Gasteiger partial charge in [-0.05, 0) is 42.3 Å². The van der Waals surface area contributed by atoms with Gasteiger partial charge in [0.15, 0.2) is 0 Å². The van der Waals surface area contributed by atoms with Gasteiger partial charge in [0.05, 0.1) is 16.4 Å². The van der Waals surface area contributed by atoms with E-state index in [1.54, 1.807) is 29.1 Å². The Kier molecular flexibility index (Phi) is 4.30. The summed E-state index contributed by atoms with van der Waals surface area (Å²) in [5, 5.41) is 15.4. The zero-order valence-corrected chi connectivity index (χ0v) is 13.4. The number of halogens is 2. The number of aliphatic hydroxyl groups is 1. The van der Waals surface area contributed by atoms with Crippen molar-refractivity contribution in [3.05, 3.63) is 52.0 Å². The summed E-state index contributed by atoms with van der Waals surface area (Å²) in [6, 6.07) is 6.39. The first-order valence-electron chi connectivity index (χ1n) is 6.62. The number of hydrogen-bond donors (Lipinski definition) is 1. The molecule has 20 heavy (non-hydrogen) atoms. The van der Waals surface area contributed by atoms with Crippen LogP contribution in [0.2, 0.25) is 0 Å². The molecule has 0 radical (unpaired) electrons. The summed E-state index contributed by atoms with van der Waals surface area (Å²) in [5.41, 5.74) is -0.559. The first kappa shape index (κ1) is 15.2. The molecule has 1 atom stereocenters. The maximum absolute atomic E-state index is 14.1. The number of rotatable bonds is 4. The van der Waals surface area contributed by atoms with Crippen molar-refractivity contribution in [1.29, 1.82) is 0 Å². The number of benzene rings is 1. The monoisotopic (exact) mass is 340 g/mol. The van der Waals surface area contributed by atoms with Crippen molar-refractivity contribution in [3.8, 4) is 0 Å². The van der Waals surface area contributed by atoms with E-state index >= 15 is 0 Å². The second-order valence-electron chi connectivity index (χ2n) is 5.07. The summed E-state index contributed by atoms with van der Waals surface area (Å²) in [5.74, 6) is -0.416. The van der Waals surface area contributed by atoms with E-state index in [1.165, 1.54) is 6.07 Å². The summed E-state index contributed by atoms with van der Waals surface area (Å²) < 4.78 is 16.5. The zero-order valence-electron chi connectivity index (χ0n) is 11.8. The fourth-order valence-corrected chi connectivity index (χ4v) is 3.00. The van der Waals surface area contributed by atoms with Crippen molar-refractivity contribution in [1.82, 2.24) is 9.78 Å². The summed E-state index contributed by atoms with van der Waals surface area (Å²) in [4.78, 5) is 0. The third-order valence-corrected chi connectivity index (χ3v) is 4.04. The Morgan fingerprint density at radius 3 is 2.60 bits per heavy atom. The van der Waals surface area contributed by atoms with Gasteiger partial charge in [0, 0.05) is 11.6 Å². The van der Waals surface area contributed by atoms with Gasteiger partial charge in [-0.2, -0.15) is 5.10 Å². The van der Waals surface area contributed by atoms with Crippen LogP contribution in [0.1, 0.15) is 44.5 Å². The molecule has 0 aliphatic heterocycles. The van der Waals surface area contributed by atoms with Crippen LogP contribution in [0.4, 0.5) is 4.39 Å². The predicted octanol–water partition coefficient (Wildman–Crippen LogP) is 4.01. The molecule has 0 amide bonds. The van der Waals surface area contributed by atoms with E-state index in [9.17, 15) is 9.50 Å². The van der Waals surface area contributed by atoms with Crippen LogP contribution in [0.15, 0.2) is 34.9 Å². The topological polar surface area (TPSA) is 38.1 Å². The molecule has 0 aliphatic rings. The highest BCUT2D eigenvalue weighted by molar-refractivity contribution is 9.10. The average molecular weight is 341 g/mol. The van der Waals surface area contributed by atoms with Crippen LogP contribution in [0, 0.1) is 5.82 Å². The lowest BCUT2D eigenvalue weighted by Gasteiger charge is -2.30. The maximum Gasteiger partial charge on any atom is 0.135 e. The molecular formula is C15H18BrFN2O. The Bertz CT molecular complexity index is 612. The van der Waals surface area contributed by atoms with Gasteiger partial charge in [0.1, 0.15) is 11.4 Å². The molecule has 1 heterocycles. The number of nitrogens with zero attached hydrogens (tertiary/aromatic N) is 2. The van der Waals surface area contributed by atoms with Gasteiger partial charge in [-0.25, -0.2) is 4.39 Å². The highest BCUT2D eigenvalue weighted by Crippen LogP contribution is 2.39. The Morgan fingerprint density at radius 2 is 2.05 bits per heavy atom. The van der Waals surface area contributed by atoms with E-state index in [-0.39, 0.29) is 11.6 Å². The van der Waals surface area contributed by atoms with Crippen LogP contribution in [0.5, 0.6) is 0 Å². The van der Waals surface area contributed by atoms with Crippen LogP contribution < -0.4 is 0 Å². The molecule has 0 aliphatic carbocycles. The van der Waals surface area contributed by atoms with Gasteiger partial charge in [0.25, 0.3) is 0 Å². The smallest absolute Gasteiger partial charge is 0.135 e. The lowest BCUT2D eigenvalue weighted by Crippen LogP contribution is -2.32. The molecule has 3 nitrogen and oxygen atoms in total. The fourth-order valence-electron chi connectivity index (χ4n) is 2.40. The minimum atomic E-state index is -1.41. The Morgan fingerprint density at radius 1 is 1.40 bits per heavy atom. The number of aromatic nitrogens is 2. The van der Waals surface area contributed by atoms with Gasteiger partial charge >= 0.3 is 0 Å². The van der Waals surface area contributed by atoms with E-state index < -0.39 is 11.4 Å². The molecule has 2 rings (SSSR count). The van der Waals surface area contributed by atoms with Crippen molar-refractivity contribution < 1.29 is 9.50 Å².